The van der Waals surface area contributed by atoms with Crippen LogP contribution in [0.1, 0.15) is 15.9 Å². The molecule has 0 bridgehead atoms. The molecule has 0 saturated carbocycles. The minimum absolute atomic E-state index is 0.107. The SMILES string of the molecule is COC(=O)c1cccc([N+](=O)[O-])c1CC(=O)O. The second kappa shape index (κ2) is 5.06. The number of carbonyl (C=O) groups excluding carboxylic acids is 1. The number of carboxylic acid groups (broad SMARTS) is 1. The Morgan fingerprint density at radius 2 is 2.12 bits per heavy atom. The number of hydrogen-bond acceptors (Lipinski definition) is 5. The zero-order chi connectivity index (χ0) is 13.0. The third-order valence-corrected chi connectivity index (χ3v) is 2.08. The zero-order valence-electron chi connectivity index (χ0n) is 8.87. The van der Waals surface area contributed by atoms with Gasteiger partial charge in [-0.05, 0) is 6.07 Å². The summed E-state index contributed by atoms with van der Waals surface area (Å²) in [6.45, 7) is 0. The van der Waals surface area contributed by atoms with Crippen LogP contribution in [0.25, 0.3) is 0 Å². The number of nitro groups is 1. The van der Waals surface area contributed by atoms with Crippen LogP contribution >= 0.6 is 0 Å². The molecule has 17 heavy (non-hydrogen) atoms. The number of methoxy groups -OCH3 is 1. The molecule has 0 spiro atoms. The molecule has 1 N–H and O–H groups in total. The van der Waals surface area contributed by atoms with Crippen molar-refractivity contribution in [1.82, 2.24) is 0 Å². The first kappa shape index (κ1) is 12.6. The lowest BCUT2D eigenvalue weighted by molar-refractivity contribution is -0.385. The fraction of sp³-hybridized carbons (Fsp3) is 0.200. The van der Waals surface area contributed by atoms with E-state index in [1.165, 1.54) is 12.1 Å². The molecule has 90 valence electrons. The van der Waals surface area contributed by atoms with E-state index in [4.69, 9.17) is 5.11 Å². The maximum absolute atomic E-state index is 11.4. The van der Waals surface area contributed by atoms with Gasteiger partial charge >= 0.3 is 11.9 Å². The molecular formula is C10H9NO6. The van der Waals surface area contributed by atoms with Gasteiger partial charge in [-0.3, -0.25) is 14.9 Å². The van der Waals surface area contributed by atoms with Crippen molar-refractivity contribution in [3.63, 3.8) is 0 Å². The molecule has 0 aliphatic carbocycles. The molecule has 0 saturated heterocycles. The first-order valence-corrected chi connectivity index (χ1v) is 4.53. The van der Waals surface area contributed by atoms with Crippen LogP contribution in [-0.2, 0) is 16.0 Å². The molecule has 0 aliphatic rings. The zero-order valence-corrected chi connectivity index (χ0v) is 8.87. The third kappa shape index (κ3) is 2.77. The molecule has 0 aliphatic heterocycles. The molecule has 1 rings (SSSR count). The van der Waals surface area contributed by atoms with Crippen molar-refractivity contribution in [2.45, 2.75) is 6.42 Å². The number of esters is 1. The minimum Gasteiger partial charge on any atom is -0.481 e. The summed E-state index contributed by atoms with van der Waals surface area (Å²) < 4.78 is 4.44. The van der Waals surface area contributed by atoms with Crippen LogP contribution in [-0.4, -0.2) is 29.1 Å². The smallest absolute Gasteiger partial charge is 0.338 e. The number of carboxylic acids is 1. The van der Waals surface area contributed by atoms with Gasteiger partial charge in [-0.1, -0.05) is 6.07 Å². The Morgan fingerprint density at radius 1 is 1.47 bits per heavy atom. The summed E-state index contributed by atoms with van der Waals surface area (Å²) in [5, 5.41) is 19.4. The summed E-state index contributed by atoms with van der Waals surface area (Å²) >= 11 is 0. The van der Waals surface area contributed by atoms with Gasteiger partial charge in [0.15, 0.2) is 0 Å². The Bertz CT molecular complexity index is 482. The molecule has 7 heteroatoms. The van der Waals surface area contributed by atoms with E-state index in [-0.39, 0.29) is 11.1 Å². The molecule has 0 amide bonds. The predicted molar refractivity (Wildman–Crippen MR) is 55.8 cm³/mol. The van der Waals surface area contributed by atoms with E-state index in [2.05, 4.69) is 4.74 Å². The van der Waals surface area contributed by atoms with Crippen molar-refractivity contribution in [1.29, 1.82) is 0 Å². The maximum atomic E-state index is 11.4. The van der Waals surface area contributed by atoms with Crippen LogP contribution in [0.2, 0.25) is 0 Å². The first-order chi connectivity index (χ1) is 7.97. The van der Waals surface area contributed by atoms with E-state index < -0.39 is 29.0 Å². The normalized spacial score (nSPS) is 9.71. The molecular weight excluding hydrogens is 230 g/mol. The van der Waals surface area contributed by atoms with Gasteiger partial charge in [-0.15, -0.1) is 0 Å². The summed E-state index contributed by atoms with van der Waals surface area (Å²) in [5.74, 6) is -2.06. The number of carbonyl (C=O) groups is 2. The Labute approximate surface area is 95.8 Å². The van der Waals surface area contributed by atoms with Gasteiger partial charge in [0.25, 0.3) is 5.69 Å². The standard InChI is InChI=1S/C10H9NO6/c1-17-10(14)6-3-2-4-8(11(15)16)7(6)5-9(12)13/h2-4H,5H2,1H3,(H,12,13). The highest BCUT2D eigenvalue weighted by Crippen LogP contribution is 2.23. The fourth-order valence-electron chi connectivity index (χ4n) is 1.38. The second-order valence-electron chi connectivity index (χ2n) is 3.12. The molecule has 0 atom stereocenters. The number of benzene rings is 1. The lowest BCUT2D eigenvalue weighted by Gasteiger charge is -2.06. The fourth-order valence-corrected chi connectivity index (χ4v) is 1.38. The van der Waals surface area contributed by atoms with Crippen molar-refractivity contribution in [2.75, 3.05) is 7.11 Å². The van der Waals surface area contributed by atoms with Gasteiger partial charge in [-0.2, -0.15) is 0 Å². The van der Waals surface area contributed by atoms with E-state index >= 15 is 0 Å². The predicted octanol–water partition coefficient (Wildman–Crippen LogP) is 1.01. The topological polar surface area (TPSA) is 107 Å². The quantitative estimate of drug-likeness (QED) is 0.477. The van der Waals surface area contributed by atoms with Crippen LogP contribution in [0.3, 0.4) is 0 Å². The van der Waals surface area contributed by atoms with Gasteiger partial charge in [0.1, 0.15) is 0 Å². The number of nitrogens with zero attached hydrogens (tertiary/aromatic N) is 1. The van der Waals surface area contributed by atoms with E-state index in [9.17, 15) is 19.7 Å². The van der Waals surface area contributed by atoms with Gasteiger partial charge in [0.05, 0.1) is 29.6 Å². The van der Waals surface area contributed by atoms with Crippen molar-refractivity contribution < 1.29 is 24.4 Å². The monoisotopic (exact) mass is 239 g/mol. The van der Waals surface area contributed by atoms with Crippen molar-refractivity contribution in [2.24, 2.45) is 0 Å². The first-order valence-electron chi connectivity index (χ1n) is 4.53. The lowest BCUT2D eigenvalue weighted by Crippen LogP contribution is -2.12. The summed E-state index contributed by atoms with van der Waals surface area (Å²) in [6, 6.07) is 3.73. The Balaban J connectivity index is 3.38. The molecule has 0 unspecified atom stereocenters. The number of aliphatic carboxylic acids is 1. The number of ether oxygens (including phenoxy) is 1. The third-order valence-electron chi connectivity index (χ3n) is 2.08. The van der Waals surface area contributed by atoms with Gasteiger partial charge in [-0.25, -0.2) is 4.79 Å². The van der Waals surface area contributed by atoms with Gasteiger partial charge in [0, 0.05) is 6.07 Å². The van der Waals surface area contributed by atoms with Crippen LogP contribution in [0, 0.1) is 10.1 Å². The number of hydrogen-bond donors (Lipinski definition) is 1. The van der Waals surface area contributed by atoms with Crippen molar-refractivity contribution >= 4 is 17.6 Å². The summed E-state index contributed by atoms with van der Waals surface area (Å²) in [4.78, 5) is 32.0. The van der Waals surface area contributed by atoms with Crippen LogP contribution < -0.4 is 0 Å². The molecule has 1 aromatic carbocycles. The lowest BCUT2D eigenvalue weighted by atomic mass is 10.0. The molecule has 7 nitrogen and oxygen atoms in total. The molecule has 0 fully saturated rings. The highest BCUT2D eigenvalue weighted by Gasteiger charge is 2.23. The van der Waals surface area contributed by atoms with Crippen LogP contribution in [0.4, 0.5) is 5.69 Å². The van der Waals surface area contributed by atoms with E-state index in [1.54, 1.807) is 0 Å². The Morgan fingerprint density at radius 3 is 2.59 bits per heavy atom. The largest absolute Gasteiger partial charge is 0.481 e. The maximum Gasteiger partial charge on any atom is 0.338 e. The second-order valence-corrected chi connectivity index (χ2v) is 3.12. The number of nitro benzene ring substituents is 1. The summed E-state index contributed by atoms with van der Waals surface area (Å²) in [7, 11) is 1.12. The highest BCUT2D eigenvalue weighted by atomic mass is 16.6. The Hall–Kier alpha value is -2.44. The molecule has 0 radical (unpaired) electrons. The minimum atomic E-state index is -1.26. The average Bonchev–Trinajstić information content (AvgIpc) is 2.27. The van der Waals surface area contributed by atoms with Gasteiger partial charge < -0.3 is 9.84 Å². The van der Waals surface area contributed by atoms with E-state index in [1.807, 2.05) is 0 Å². The molecule has 0 heterocycles. The summed E-state index contributed by atoms with van der Waals surface area (Å²) in [5.41, 5.74) is -0.670. The highest BCUT2D eigenvalue weighted by molar-refractivity contribution is 5.93. The molecule has 1 aromatic rings. The van der Waals surface area contributed by atoms with Crippen molar-refractivity contribution in [3.8, 4) is 0 Å². The van der Waals surface area contributed by atoms with Gasteiger partial charge in [0.2, 0.25) is 0 Å². The van der Waals surface area contributed by atoms with Crippen molar-refractivity contribution in [3.05, 3.63) is 39.4 Å². The Kier molecular flexibility index (Phi) is 3.76. The average molecular weight is 239 g/mol. The van der Waals surface area contributed by atoms with Crippen LogP contribution in [0.15, 0.2) is 18.2 Å². The summed E-state index contributed by atoms with van der Waals surface area (Å²) in [6.07, 6.45) is -0.610. The van der Waals surface area contributed by atoms with E-state index in [0.29, 0.717) is 0 Å². The van der Waals surface area contributed by atoms with E-state index in [0.717, 1.165) is 13.2 Å². The number of rotatable bonds is 4. The van der Waals surface area contributed by atoms with Crippen LogP contribution in [0.5, 0.6) is 0 Å². The molecule has 0 aromatic heterocycles.